The van der Waals surface area contributed by atoms with Crippen LogP contribution in [0, 0.1) is 0 Å². The SMILES string of the molecule is CCCNC(=S)N(CC)C(C)C. The molecular formula is C9H20N2S. The van der Waals surface area contributed by atoms with Gasteiger partial charge in [-0.15, -0.1) is 0 Å². The molecule has 0 saturated heterocycles. The molecule has 0 aliphatic rings. The summed E-state index contributed by atoms with van der Waals surface area (Å²) in [5.41, 5.74) is 0. The van der Waals surface area contributed by atoms with Gasteiger partial charge in [0.05, 0.1) is 0 Å². The van der Waals surface area contributed by atoms with Gasteiger partial charge in [0.1, 0.15) is 0 Å². The van der Waals surface area contributed by atoms with E-state index in [-0.39, 0.29) is 0 Å². The van der Waals surface area contributed by atoms with Gasteiger partial charge in [0.25, 0.3) is 0 Å². The minimum absolute atomic E-state index is 0.492. The number of hydrogen-bond donors (Lipinski definition) is 1. The largest absolute Gasteiger partial charge is 0.363 e. The smallest absolute Gasteiger partial charge is 0.169 e. The fourth-order valence-electron chi connectivity index (χ4n) is 1.08. The first kappa shape index (κ1) is 11.7. The summed E-state index contributed by atoms with van der Waals surface area (Å²) in [6, 6.07) is 0.492. The predicted molar refractivity (Wildman–Crippen MR) is 58.4 cm³/mol. The lowest BCUT2D eigenvalue weighted by atomic mass is 10.3. The van der Waals surface area contributed by atoms with Crippen LogP contribution in [0.25, 0.3) is 0 Å². The summed E-state index contributed by atoms with van der Waals surface area (Å²) in [4.78, 5) is 2.19. The summed E-state index contributed by atoms with van der Waals surface area (Å²) in [5.74, 6) is 0. The normalized spacial score (nSPS) is 10.1. The lowest BCUT2D eigenvalue weighted by Crippen LogP contribution is -2.43. The van der Waals surface area contributed by atoms with Crippen molar-refractivity contribution in [1.82, 2.24) is 10.2 Å². The molecule has 3 heteroatoms. The van der Waals surface area contributed by atoms with E-state index in [9.17, 15) is 0 Å². The van der Waals surface area contributed by atoms with E-state index < -0.39 is 0 Å². The minimum atomic E-state index is 0.492. The van der Waals surface area contributed by atoms with Gasteiger partial charge in [0, 0.05) is 19.1 Å². The van der Waals surface area contributed by atoms with Gasteiger partial charge in [0.15, 0.2) is 5.11 Å². The van der Waals surface area contributed by atoms with Crippen molar-refractivity contribution in [3.8, 4) is 0 Å². The number of rotatable bonds is 4. The topological polar surface area (TPSA) is 15.3 Å². The lowest BCUT2D eigenvalue weighted by Gasteiger charge is -2.28. The molecule has 0 aliphatic carbocycles. The van der Waals surface area contributed by atoms with E-state index >= 15 is 0 Å². The van der Waals surface area contributed by atoms with Crippen LogP contribution >= 0.6 is 12.2 Å². The molecule has 0 aromatic heterocycles. The monoisotopic (exact) mass is 188 g/mol. The van der Waals surface area contributed by atoms with Crippen LogP contribution in [0.1, 0.15) is 34.1 Å². The van der Waals surface area contributed by atoms with E-state index in [0.717, 1.165) is 24.6 Å². The highest BCUT2D eigenvalue weighted by atomic mass is 32.1. The molecule has 1 N–H and O–H groups in total. The van der Waals surface area contributed by atoms with Crippen molar-refractivity contribution >= 4 is 17.3 Å². The number of thiocarbonyl (C=S) groups is 1. The van der Waals surface area contributed by atoms with Crippen LogP contribution in [0.3, 0.4) is 0 Å². The summed E-state index contributed by atoms with van der Waals surface area (Å²) in [6.45, 7) is 10.5. The summed E-state index contributed by atoms with van der Waals surface area (Å²) in [7, 11) is 0. The van der Waals surface area contributed by atoms with Crippen molar-refractivity contribution in [2.75, 3.05) is 13.1 Å². The molecule has 0 atom stereocenters. The molecule has 0 fully saturated rings. The predicted octanol–water partition coefficient (Wildman–Crippen LogP) is 2.00. The Hall–Kier alpha value is -0.310. The molecule has 0 heterocycles. The van der Waals surface area contributed by atoms with Crippen LogP contribution in [0.5, 0.6) is 0 Å². The van der Waals surface area contributed by atoms with Gasteiger partial charge < -0.3 is 10.2 Å². The Morgan fingerprint density at radius 1 is 1.42 bits per heavy atom. The van der Waals surface area contributed by atoms with Crippen molar-refractivity contribution in [3.63, 3.8) is 0 Å². The van der Waals surface area contributed by atoms with Crippen LogP contribution < -0.4 is 5.32 Å². The first-order valence-electron chi connectivity index (χ1n) is 4.67. The van der Waals surface area contributed by atoms with E-state index in [1.54, 1.807) is 0 Å². The number of hydrogen-bond acceptors (Lipinski definition) is 1. The average molecular weight is 188 g/mol. The van der Waals surface area contributed by atoms with E-state index in [2.05, 4.69) is 37.9 Å². The molecule has 0 amide bonds. The summed E-state index contributed by atoms with van der Waals surface area (Å²) >= 11 is 5.23. The van der Waals surface area contributed by atoms with Crippen LogP contribution in [0.4, 0.5) is 0 Å². The summed E-state index contributed by atoms with van der Waals surface area (Å²) < 4.78 is 0. The molecule has 0 bridgehead atoms. The number of nitrogens with zero attached hydrogens (tertiary/aromatic N) is 1. The Bertz CT molecular complexity index is 134. The third kappa shape index (κ3) is 3.90. The Labute approximate surface area is 81.3 Å². The van der Waals surface area contributed by atoms with Crippen molar-refractivity contribution in [3.05, 3.63) is 0 Å². The molecule has 0 aromatic rings. The van der Waals surface area contributed by atoms with Gasteiger partial charge in [-0.25, -0.2) is 0 Å². The third-order valence-electron chi connectivity index (χ3n) is 1.75. The van der Waals surface area contributed by atoms with E-state index in [1.807, 2.05) is 0 Å². The quantitative estimate of drug-likeness (QED) is 0.679. The van der Waals surface area contributed by atoms with Gasteiger partial charge >= 0.3 is 0 Å². The second kappa shape index (κ2) is 6.23. The Morgan fingerprint density at radius 3 is 2.33 bits per heavy atom. The fraction of sp³-hybridized carbons (Fsp3) is 0.889. The highest BCUT2D eigenvalue weighted by Gasteiger charge is 2.09. The number of nitrogens with one attached hydrogen (secondary N) is 1. The molecule has 0 saturated carbocycles. The van der Waals surface area contributed by atoms with E-state index in [4.69, 9.17) is 12.2 Å². The molecule has 0 unspecified atom stereocenters. The Morgan fingerprint density at radius 2 is 2.00 bits per heavy atom. The maximum Gasteiger partial charge on any atom is 0.169 e. The standard InChI is InChI=1S/C9H20N2S/c1-5-7-10-9(12)11(6-2)8(3)4/h8H,5-7H2,1-4H3,(H,10,12). The van der Waals surface area contributed by atoms with Crippen LogP contribution in [-0.2, 0) is 0 Å². The molecule has 72 valence electrons. The van der Waals surface area contributed by atoms with Gasteiger partial charge in [-0.05, 0) is 39.4 Å². The zero-order valence-electron chi connectivity index (χ0n) is 8.55. The van der Waals surface area contributed by atoms with Crippen LogP contribution in [0.15, 0.2) is 0 Å². The minimum Gasteiger partial charge on any atom is -0.363 e. The maximum atomic E-state index is 5.23. The maximum absolute atomic E-state index is 5.23. The van der Waals surface area contributed by atoms with Gasteiger partial charge in [-0.2, -0.15) is 0 Å². The zero-order valence-corrected chi connectivity index (χ0v) is 9.37. The van der Waals surface area contributed by atoms with Gasteiger partial charge in [-0.1, -0.05) is 6.92 Å². The first-order chi connectivity index (χ1) is 5.63. The first-order valence-corrected chi connectivity index (χ1v) is 5.08. The van der Waals surface area contributed by atoms with Crippen molar-refractivity contribution in [2.24, 2.45) is 0 Å². The molecule has 0 spiro atoms. The zero-order chi connectivity index (χ0) is 9.56. The highest BCUT2D eigenvalue weighted by Crippen LogP contribution is 1.97. The molecule has 12 heavy (non-hydrogen) atoms. The molecular weight excluding hydrogens is 168 g/mol. The average Bonchev–Trinajstić information content (AvgIpc) is 2.01. The summed E-state index contributed by atoms with van der Waals surface area (Å²) in [6.07, 6.45) is 1.12. The Balaban J connectivity index is 3.86. The highest BCUT2D eigenvalue weighted by molar-refractivity contribution is 7.80. The molecule has 0 radical (unpaired) electrons. The van der Waals surface area contributed by atoms with Crippen molar-refractivity contribution in [1.29, 1.82) is 0 Å². The van der Waals surface area contributed by atoms with Crippen LogP contribution in [-0.4, -0.2) is 29.1 Å². The lowest BCUT2D eigenvalue weighted by molar-refractivity contribution is 0.361. The molecule has 0 aliphatic heterocycles. The second-order valence-corrected chi connectivity index (χ2v) is 3.50. The molecule has 0 aromatic carbocycles. The van der Waals surface area contributed by atoms with Crippen LogP contribution in [0.2, 0.25) is 0 Å². The van der Waals surface area contributed by atoms with Gasteiger partial charge in [-0.3, -0.25) is 0 Å². The van der Waals surface area contributed by atoms with E-state index in [0.29, 0.717) is 6.04 Å². The molecule has 2 nitrogen and oxygen atoms in total. The van der Waals surface area contributed by atoms with Crippen molar-refractivity contribution in [2.45, 2.75) is 40.2 Å². The van der Waals surface area contributed by atoms with Crippen molar-refractivity contribution < 1.29 is 0 Å². The molecule has 0 rings (SSSR count). The summed E-state index contributed by atoms with van der Waals surface area (Å²) in [5, 5.41) is 4.11. The Kier molecular flexibility index (Phi) is 6.07. The second-order valence-electron chi connectivity index (χ2n) is 3.11. The fourth-order valence-corrected chi connectivity index (χ4v) is 1.52. The van der Waals surface area contributed by atoms with Gasteiger partial charge in [0.2, 0.25) is 0 Å². The van der Waals surface area contributed by atoms with E-state index in [1.165, 1.54) is 0 Å². The third-order valence-corrected chi connectivity index (χ3v) is 2.13.